The molecule has 1 unspecified atom stereocenters. The first-order valence-electron chi connectivity index (χ1n) is 6.25. The van der Waals surface area contributed by atoms with E-state index in [1.165, 1.54) is 8.99 Å². The van der Waals surface area contributed by atoms with Crippen molar-refractivity contribution in [3.8, 4) is 0 Å². The molecule has 0 bridgehead atoms. The molecular formula is C11H21ClN4O2S. The Kier molecular flexibility index (Phi) is 5.37. The van der Waals surface area contributed by atoms with Crippen molar-refractivity contribution in [2.75, 3.05) is 13.1 Å². The molecule has 2 N–H and O–H groups in total. The van der Waals surface area contributed by atoms with Crippen molar-refractivity contribution in [3.05, 3.63) is 11.8 Å². The summed E-state index contributed by atoms with van der Waals surface area (Å²) < 4.78 is 28.1. The zero-order chi connectivity index (χ0) is 13.3. The summed E-state index contributed by atoms with van der Waals surface area (Å²) in [5.41, 5.74) is 6.57. The van der Waals surface area contributed by atoms with Crippen LogP contribution in [-0.2, 0) is 16.6 Å². The number of rotatable bonds is 3. The van der Waals surface area contributed by atoms with Crippen LogP contribution in [0.5, 0.6) is 0 Å². The number of nitrogens with zero attached hydrogens (tertiary/aromatic N) is 3. The molecule has 19 heavy (non-hydrogen) atoms. The third-order valence-electron chi connectivity index (χ3n) is 3.19. The van der Waals surface area contributed by atoms with Crippen molar-refractivity contribution in [1.82, 2.24) is 14.1 Å². The molecule has 0 spiro atoms. The summed E-state index contributed by atoms with van der Waals surface area (Å²) in [6.45, 7) is 5.17. The van der Waals surface area contributed by atoms with Gasteiger partial charge < -0.3 is 5.73 Å². The van der Waals surface area contributed by atoms with Gasteiger partial charge in [-0.3, -0.25) is 4.68 Å². The van der Waals surface area contributed by atoms with Crippen LogP contribution in [0.1, 0.15) is 25.5 Å². The van der Waals surface area contributed by atoms with Gasteiger partial charge in [0, 0.05) is 25.7 Å². The van der Waals surface area contributed by atoms with Crippen molar-refractivity contribution in [1.29, 1.82) is 0 Å². The summed E-state index contributed by atoms with van der Waals surface area (Å²) in [4.78, 5) is 0. The van der Waals surface area contributed by atoms with Gasteiger partial charge in [-0.25, -0.2) is 8.42 Å². The summed E-state index contributed by atoms with van der Waals surface area (Å²) in [5.74, 6) is 0. The normalized spacial score (nSPS) is 21.1. The number of nitrogens with two attached hydrogens (primary N) is 1. The molecule has 0 amide bonds. The average molecular weight is 309 g/mol. The Morgan fingerprint density at radius 3 is 2.79 bits per heavy atom. The first-order valence-corrected chi connectivity index (χ1v) is 7.69. The molecule has 0 aliphatic carbocycles. The van der Waals surface area contributed by atoms with Crippen LogP contribution in [0, 0.1) is 6.92 Å². The highest BCUT2D eigenvalue weighted by Gasteiger charge is 2.31. The lowest BCUT2D eigenvalue weighted by Crippen LogP contribution is -2.46. The predicted octanol–water partition coefficient (Wildman–Crippen LogP) is 0.745. The van der Waals surface area contributed by atoms with Crippen molar-refractivity contribution in [2.24, 2.45) is 5.73 Å². The van der Waals surface area contributed by atoms with Crippen LogP contribution < -0.4 is 5.73 Å². The van der Waals surface area contributed by atoms with E-state index in [1.54, 1.807) is 13.0 Å². The van der Waals surface area contributed by atoms with E-state index in [1.807, 2.05) is 6.92 Å². The van der Waals surface area contributed by atoms with Gasteiger partial charge in [0.05, 0.1) is 5.69 Å². The molecule has 110 valence electrons. The smallest absolute Gasteiger partial charge is 0.260 e. The van der Waals surface area contributed by atoms with Gasteiger partial charge in [-0.2, -0.15) is 9.40 Å². The monoisotopic (exact) mass is 308 g/mol. The summed E-state index contributed by atoms with van der Waals surface area (Å²) in [6, 6.07) is 1.56. The molecule has 0 aromatic carbocycles. The highest BCUT2D eigenvalue weighted by molar-refractivity contribution is 7.89. The van der Waals surface area contributed by atoms with Crippen molar-refractivity contribution >= 4 is 22.4 Å². The number of halogens is 1. The van der Waals surface area contributed by atoms with Gasteiger partial charge in [-0.05, 0) is 32.8 Å². The summed E-state index contributed by atoms with van der Waals surface area (Å²) in [7, 11) is -3.46. The number of piperidine rings is 1. The fraction of sp³-hybridized carbons (Fsp3) is 0.727. The molecule has 0 radical (unpaired) electrons. The van der Waals surface area contributed by atoms with Crippen LogP contribution in [0.2, 0.25) is 0 Å². The Bertz CT molecular complexity index is 529. The molecule has 1 saturated heterocycles. The molecule has 8 heteroatoms. The van der Waals surface area contributed by atoms with E-state index in [9.17, 15) is 8.42 Å². The average Bonchev–Trinajstić information content (AvgIpc) is 2.71. The maximum absolute atomic E-state index is 12.5. The first-order chi connectivity index (χ1) is 8.45. The molecule has 1 aromatic rings. The molecule has 2 rings (SSSR count). The topological polar surface area (TPSA) is 81.2 Å². The van der Waals surface area contributed by atoms with Crippen LogP contribution in [0.15, 0.2) is 11.1 Å². The quantitative estimate of drug-likeness (QED) is 0.893. The lowest BCUT2D eigenvalue weighted by Gasteiger charge is -2.29. The summed E-state index contributed by atoms with van der Waals surface area (Å²) in [6.07, 6.45) is 1.71. The number of aromatic nitrogens is 2. The maximum Gasteiger partial charge on any atom is 0.260 e. The zero-order valence-corrected chi connectivity index (χ0v) is 12.9. The second-order valence-corrected chi connectivity index (χ2v) is 6.59. The van der Waals surface area contributed by atoms with Crippen molar-refractivity contribution in [3.63, 3.8) is 0 Å². The lowest BCUT2D eigenvalue weighted by atomic mass is 10.1. The Hall–Kier alpha value is -0.630. The van der Waals surface area contributed by atoms with Gasteiger partial charge in [0.25, 0.3) is 10.0 Å². The molecule has 0 saturated carbocycles. The van der Waals surface area contributed by atoms with E-state index in [4.69, 9.17) is 5.73 Å². The Labute approximate surface area is 120 Å². The minimum absolute atomic E-state index is 0. The second-order valence-electron chi connectivity index (χ2n) is 4.71. The van der Waals surface area contributed by atoms with E-state index < -0.39 is 10.0 Å². The van der Waals surface area contributed by atoms with Crippen molar-refractivity contribution < 1.29 is 8.42 Å². The SMILES string of the molecule is CCn1nc(C)cc1S(=O)(=O)N1CCCC(N)C1.Cl. The van der Waals surface area contributed by atoms with Crippen LogP contribution >= 0.6 is 12.4 Å². The highest BCUT2D eigenvalue weighted by atomic mass is 35.5. The molecule has 1 aromatic heterocycles. The third-order valence-corrected chi connectivity index (χ3v) is 5.06. The molecular weight excluding hydrogens is 288 g/mol. The molecule has 1 aliphatic rings. The van der Waals surface area contributed by atoms with Gasteiger partial charge in [0.2, 0.25) is 0 Å². The van der Waals surface area contributed by atoms with Gasteiger partial charge in [0.15, 0.2) is 5.03 Å². The highest BCUT2D eigenvalue weighted by Crippen LogP contribution is 2.20. The zero-order valence-electron chi connectivity index (χ0n) is 11.2. The van der Waals surface area contributed by atoms with Gasteiger partial charge in [0.1, 0.15) is 0 Å². The third kappa shape index (κ3) is 3.28. The second kappa shape index (κ2) is 6.21. The van der Waals surface area contributed by atoms with Crippen LogP contribution in [0.4, 0.5) is 0 Å². The minimum Gasteiger partial charge on any atom is -0.327 e. The Morgan fingerprint density at radius 2 is 2.21 bits per heavy atom. The summed E-state index contributed by atoms with van der Waals surface area (Å²) in [5, 5.41) is 4.46. The fourth-order valence-electron chi connectivity index (χ4n) is 2.28. The molecule has 1 fully saturated rings. The molecule has 1 atom stereocenters. The van der Waals surface area contributed by atoms with E-state index in [0.29, 0.717) is 19.6 Å². The van der Waals surface area contributed by atoms with E-state index in [2.05, 4.69) is 5.10 Å². The van der Waals surface area contributed by atoms with E-state index >= 15 is 0 Å². The van der Waals surface area contributed by atoms with Gasteiger partial charge in [-0.15, -0.1) is 12.4 Å². The summed E-state index contributed by atoms with van der Waals surface area (Å²) >= 11 is 0. The fourth-order valence-corrected chi connectivity index (χ4v) is 4.06. The predicted molar refractivity (Wildman–Crippen MR) is 75.9 cm³/mol. The standard InChI is InChI=1S/C11H20N4O2S.ClH/c1-3-15-11(7-9(2)13-15)18(16,17)14-6-4-5-10(12)8-14;/h7,10H,3-6,8,12H2,1-2H3;1H. The van der Waals surface area contributed by atoms with E-state index in [-0.39, 0.29) is 23.5 Å². The lowest BCUT2D eigenvalue weighted by molar-refractivity contribution is 0.313. The van der Waals surface area contributed by atoms with Crippen LogP contribution in [0.25, 0.3) is 0 Å². The number of aryl methyl sites for hydroxylation is 2. The van der Waals surface area contributed by atoms with Gasteiger partial charge in [-0.1, -0.05) is 0 Å². The molecule has 6 nitrogen and oxygen atoms in total. The van der Waals surface area contributed by atoms with Gasteiger partial charge >= 0.3 is 0 Å². The van der Waals surface area contributed by atoms with Crippen molar-refractivity contribution in [2.45, 2.75) is 44.3 Å². The molecule has 1 aliphatic heterocycles. The molecule has 2 heterocycles. The first kappa shape index (κ1) is 16.4. The Balaban J connectivity index is 0.00000180. The maximum atomic E-state index is 12.5. The van der Waals surface area contributed by atoms with Crippen LogP contribution in [-0.4, -0.2) is 41.6 Å². The largest absolute Gasteiger partial charge is 0.327 e. The Morgan fingerprint density at radius 1 is 1.53 bits per heavy atom. The number of hydrogen-bond acceptors (Lipinski definition) is 4. The number of hydrogen-bond donors (Lipinski definition) is 1. The van der Waals surface area contributed by atoms with Crippen LogP contribution in [0.3, 0.4) is 0 Å². The van der Waals surface area contributed by atoms with E-state index in [0.717, 1.165) is 18.5 Å². The number of sulfonamides is 1. The minimum atomic E-state index is -3.46.